The number of hydrogen-bond acceptors (Lipinski definition) is 2. The molecule has 150 valence electrons. The molecule has 0 aliphatic rings. The molecule has 0 aliphatic heterocycles. The van der Waals surface area contributed by atoms with Gasteiger partial charge in [0.2, 0.25) is 0 Å². The average Bonchev–Trinajstić information content (AvgIpc) is 2.67. The Morgan fingerprint density at radius 2 is 1.24 bits per heavy atom. The van der Waals surface area contributed by atoms with Crippen LogP contribution in [-0.4, -0.2) is 19.6 Å². The summed E-state index contributed by atoms with van der Waals surface area (Å²) in [5.74, 6) is 0. The Hall–Kier alpha value is -1.28. The first-order valence-electron chi connectivity index (χ1n) is 10.1. The van der Waals surface area contributed by atoms with Crippen molar-refractivity contribution in [3.05, 3.63) is 48.2 Å². The van der Waals surface area contributed by atoms with Crippen molar-refractivity contribution < 1.29 is 0 Å². The van der Waals surface area contributed by atoms with E-state index in [1.165, 1.54) is 5.56 Å². The van der Waals surface area contributed by atoms with Crippen LogP contribution in [-0.2, 0) is 6.42 Å². The van der Waals surface area contributed by atoms with Gasteiger partial charge in [0.15, 0.2) is 0 Å². The molecule has 0 saturated carbocycles. The molecule has 1 aromatic carbocycles. The van der Waals surface area contributed by atoms with Crippen molar-refractivity contribution in [3.8, 4) is 0 Å². The van der Waals surface area contributed by atoms with E-state index in [2.05, 4.69) is 61.4 Å². The van der Waals surface area contributed by atoms with E-state index in [1.807, 2.05) is 62.6 Å². The fraction of sp³-hybridized carbons (Fsp3) is 0.652. The Kier molecular flexibility index (Phi) is 31.4. The molecule has 1 aromatic rings. The third kappa shape index (κ3) is 18.9. The Labute approximate surface area is 160 Å². The Morgan fingerprint density at radius 3 is 1.52 bits per heavy atom. The van der Waals surface area contributed by atoms with Gasteiger partial charge < -0.3 is 10.6 Å². The molecule has 2 nitrogen and oxygen atoms in total. The number of allylic oxidation sites excluding steroid dienone is 1. The number of hydrogen-bond donors (Lipinski definition) is 2. The van der Waals surface area contributed by atoms with Gasteiger partial charge in [0.25, 0.3) is 0 Å². The van der Waals surface area contributed by atoms with Gasteiger partial charge in [-0.3, -0.25) is 0 Å². The second-order valence-electron chi connectivity index (χ2n) is 5.06. The summed E-state index contributed by atoms with van der Waals surface area (Å²) in [6, 6.07) is 10.7. The molecule has 0 aliphatic carbocycles. The van der Waals surface area contributed by atoms with Gasteiger partial charge in [-0.25, -0.2) is 0 Å². The van der Waals surface area contributed by atoms with Crippen LogP contribution in [0.3, 0.4) is 0 Å². The molecule has 0 bridgehead atoms. The van der Waals surface area contributed by atoms with Crippen LogP contribution in [0.15, 0.2) is 42.6 Å². The molecular weight excluding hydrogens is 304 g/mol. The van der Waals surface area contributed by atoms with Crippen LogP contribution in [0.25, 0.3) is 0 Å². The smallest absolute Gasteiger partial charge is 0.0405 e. The van der Waals surface area contributed by atoms with E-state index in [0.717, 1.165) is 25.0 Å². The summed E-state index contributed by atoms with van der Waals surface area (Å²) in [5, 5.41) is 6.30. The minimum atomic E-state index is 0.160. The predicted molar refractivity (Wildman–Crippen MR) is 120 cm³/mol. The maximum atomic E-state index is 3.97. The normalized spacial score (nSPS) is 8.60. The van der Waals surface area contributed by atoms with E-state index in [-0.39, 0.29) is 5.54 Å². The van der Waals surface area contributed by atoms with Gasteiger partial charge in [0.05, 0.1) is 0 Å². The van der Waals surface area contributed by atoms with Crippen LogP contribution in [0, 0.1) is 0 Å². The van der Waals surface area contributed by atoms with Gasteiger partial charge in [0.1, 0.15) is 0 Å². The van der Waals surface area contributed by atoms with E-state index >= 15 is 0 Å². The molecule has 0 radical (unpaired) electrons. The van der Waals surface area contributed by atoms with E-state index in [0.29, 0.717) is 0 Å². The molecule has 0 spiro atoms. The van der Waals surface area contributed by atoms with Crippen LogP contribution >= 0.6 is 0 Å². The summed E-state index contributed by atoms with van der Waals surface area (Å²) >= 11 is 0. The standard InChI is InChI=1S/C15H23N.C2H7N.3C2H6/c1-5-15(6-2,16-13(3)4)12-14-10-8-7-9-11-14;1-3-2;3*1-2/h7-11,16H,3,5-6,12H2,1-2,4H3;3H,1-2H3;3*1-2H3. The minimum Gasteiger partial charge on any atom is -0.383 e. The van der Waals surface area contributed by atoms with Crippen molar-refractivity contribution in [3.63, 3.8) is 0 Å². The zero-order valence-corrected chi connectivity index (χ0v) is 19.2. The molecule has 1 rings (SSSR count). The lowest BCUT2D eigenvalue weighted by Gasteiger charge is -2.34. The summed E-state index contributed by atoms with van der Waals surface area (Å²) in [7, 11) is 3.75. The lowest BCUT2D eigenvalue weighted by atomic mass is 9.85. The van der Waals surface area contributed by atoms with Gasteiger partial charge >= 0.3 is 0 Å². The summed E-state index contributed by atoms with van der Waals surface area (Å²) < 4.78 is 0. The number of nitrogens with one attached hydrogen (secondary N) is 2. The highest BCUT2D eigenvalue weighted by Gasteiger charge is 2.25. The van der Waals surface area contributed by atoms with Gasteiger partial charge in [-0.1, -0.05) is 92.3 Å². The highest BCUT2D eigenvalue weighted by Crippen LogP contribution is 2.22. The molecule has 0 aromatic heterocycles. The van der Waals surface area contributed by atoms with Gasteiger partial charge in [-0.2, -0.15) is 0 Å². The molecule has 0 atom stereocenters. The quantitative estimate of drug-likeness (QED) is 0.586. The average molecular weight is 353 g/mol. The monoisotopic (exact) mass is 352 g/mol. The van der Waals surface area contributed by atoms with Crippen LogP contribution in [0.4, 0.5) is 0 Å². The van der Waals surface area contributed by atoms with Gasteiger partial charge in [0, 0.05) is 11.2 Å². The summed E-state index contributed by atoms with van der Waals surface area (Å²) in [6.45, 7) is 22.5. The zero-order chi connectivity index (χ0) is 20.7. The molecular formula is C23H48N2. The third-order valence-electron chi connectivity index (χ3n) is 3.22. The van der Waals surface area contributed by atoms with Crippen molar-refractivity contribution in [2.24, 2.45) is 0 Å². The second-order valence-corrected chi connectivity index (χ2v) is 5.06. The second kappa shape index (κ2) is 25.0. The topological polar surface area (TPSA) is 24.1 Å². The highest BCUT2D eigenvalue weighted by atomic mass is 15.0. The molecule has 2 N–H and O–H groups in total. The maximum Gasteiger partial charge on any atom is 0.0405 e. The number of rotatable bonds is 6. The van der Waals surface area contributed by atoms with E-state index in [9.17, 15) is 0 Å². The minimum absolute atomic E-state index is 0.160. The van der Waals surface area contributed by atoms with Crippen molar-refractivity contribution in [2.75, 3.05) is 14.1 Å². The number of benzene rings is 1. The van der Waals surface area contributed by atoms with Crippen LogP contribution in [0.5, 0.6) is 0 Å². The maximum absolute atomic E-state index is 3.97. The van der Waals surface area contributed by atoms with Crippen molar-refractivity contribution in [1.29, 1.82) is 0 Å². The first kappa shape index (κ1) is 31.5. The lowest BCUT2D eigenvalue weighted by molar-refractivity contribution is 0.326. The Bertz CT molecular complexity index is 340. The van der Waals surface area contributed by atoms with Crippen LogP contribution in [0.2, 0.25) is 0 Å². The third-order valence-corrected chi connectivity index (χ3v) is 3.22. The summed E-state index contributed by atoms with van der Waals surface area (Å²) in [5.41, 5.74) is 2.60. The molecule has 0 unspecified atom stereocenters. The SMILES string of the molecule is C=C(C)NC(CC)(CC)Cc1ccccc1.CC.CC.CC.CNC. The summed E-state index contributed by atoms with van der Waals surface area (Å²) in [4.78, 5) is 0. The van der Waals surface area contributed by atoms with E-state index < -0.39 is 0 Å². The zero-order valence-electron chi connectivity index (χ0n) is 19.2. The predicted octanol–water partition coefficient (Wildman–Crippen LogP) is 6.83. The molecule has 0 heterocycles. The molecule has 0 amide bonds. The molecule has 25 heavy (non-hydrogen) atoms. The van der Waals surface area contributed by atoms with Crippen LogP contribution < -0.4 is 10.6 Å². The molecule has 0 fully saturated rings. The lowest BCUT2D eigenvalue weighted by Crippen LogP contribution is -2.44. The fourth-order valence-electron chi connectivity index (χ4n) is 2.16. The van der Waals surface area contributed by atoms with Gasteiger partial charge in [-0.15, -0.1) is 0 Å². The van der Waals surface area contributed by atoms with Crippen LogP contribution in [0.1, 0.15) is 80.7 Å². The summed E-state index contributed by atoms with van der Waals surface area (Å²) in [6.07, 6.45) is 3.30. The van der Waals surface area contributed by atoms with Crippen molar-refractivity contribution in [1.82, 2.24) is 10.6 Å². The van der Waals surface area contributed by atoms with Crippen molar-refractivity contribution >= 4 is 0 Å². The van der Waals surface area contributed by atoms with Gasteiger partial charge in [-0.05, 0) is 45.8 Å². The first-order chi connectivity index (χ1) is 12.0. The Morgan fingerprint density at radius 1 is 0.880 bits per heavy atom. The molecule has 0 saturated heterocycles. The Balaban J connectivity index is -0.000000210. The first-order valence-corrected chi connectivity index (χ1v) is 10.1. The largest absolute Gasteiger partial charge is 0.383 e. The molecule has 2 heteroatoms. The van der Waals surface area contributed by atoms with Crippen molar-refractivity contribution in [2.45, 2.75) is 87.1 Å². The van der Waals surface area contributed by atoms with E-state index in [1.54, 1.807) is 0 Å². The fourth-order valence-corrected chi connectivity index (χ4v) is 2.16. The van der Waals surface area contributed by atoms with E-state index in [4.69, 9.17) is 0 Å². The highest BCUT2D eigenvalue weighted by molar-refractivity contribution is 5.18.